The molecule has 34 heavy (non-hydrogen) atoms. The highest BCUT2D eigenvalue weighted by Crippen LogP contribution is 2.28. The molecule has 1 unspecified atom stereocenters. The number of hydrogen-bond acceptors (Lipinski definition) is 4. The van der Waals surface area contributed by atoms with Crippen molar-refractivity contribution in [2.75, 3.05) is 6.54 Å². The number of urea groups is 1. The lowest BCUT2D eigenvalue weighted by atomic mass is 9.84. The number of aryl methyl sites for hydroxylation is 1. The van der Waals surface area contributed by atoms with Crippen LogP contribution in [0.5, 0.6) is 0 Å². The summed E-state index contributed by atoms with van der Waals surface area (Å²) in [5.74, 6) is -1.000. The quantitative estimate of drug-likeness (QED) is 0.316. The summed E-state index contributed by atoms with van der Waals surface area (Å²) < 4.78 is 0. The van der Waals surface area contributed by atoms with Crippen LogP contribution in [-0.4, -0.2) is 41.6 Å². The van der Waals surface area contributed by atoms with Gasteiger partial charge in [-0.15, -0.1) is 0 Å². The van der Waals surface area contributed by atoms with Gasteiger partial charge in [0.15, 0.2) is 0 Å². The van der Waals surface area contributed by atoms with Crippen LogP contribution in [0.4, 0.5) is 4.79 Å². The summed E-state index contributed by atoms with van der Waals surface area (Å²) in [5.41, 5.74) is 8.46. The Morgan fingerprint density at radius 2 is 1.76 bits per heavy atom. The number of carbonyl (C=O) groups excluding carboxylic acids is 2. The molecule has 2 atom stereocenters. The monoisotopic (exact) mass is 470 g/mol. The number of nitrogens with two attached hydrogens (primary N) is 1. The van der Waals surface area contributed by atoms with E-state index >= 15 is 0 Å². The Hall–Kier alpha value is -2.87. The van der Waals surface area contributed by atoms with Gasteiger partial charge in [-0.1, -0.05) is 62.4 Å². The third-order valence-corrected chi connectivity index (χ3v) is 6.79. The van der Waals surface area contributed by atoms with Crippen molar-refractivity contribution < 1.29 is 19.5 Å². The highest BCUT2D eigenvalue weighted by atomic mass is 16.4. The van der Waals surface area contributed by atoms with Gasteiger partial charge in [0.25, 0.3) is 0 Å². The van der Waals surface area contributed by atoms with E-state index in [9.17, 15) is 19.5 Å². The number of allylic oxidation sites excluding steroid dienone is 1. The Labute approximate surface area is 201 Å². The number of carboxylic acids is 1. The average Bonchev–Trinajstić information content (AvgIpc) is 2.84. The van der Waals surface area contributed by atoms with Crippen LogP contribution in [0.3, 0.4) is 0 Å². The molecule has 0 heterocycles. The second-order valence-corrected chi connectivity index (χ2v) is 9.39. The van der Waals surface area contributed by atoms with E-state index in [0.717, 1.165) is 49.8 Å². The van der Waals surface area contributed by atoms with Crippen molar-refractivity contribution in [2.24, 2.45) is 11.7 Å². The molecule has 3 amide bonds. The topological polar surface area (TPSA) is 134 Å². The van der Waals surface area contributed by atoms with Gasteiger partial charge >= 0.3 is 12.0 Å². The molecular formula is C26H38N4O4. The summed E-state index contributed by atoms with van der Waals surface area (Å²) in [6.07, 6.45) is 11.5. The Bertz CT molecular complexity index is 879. The fraction of sp³-hybridized carbons (Fsp3) is 0.577. The number of carboxylic acid groups (broad SMARTS) is 1. The zero-order chi connectivity index (χ0) is 24.3. The van der Waals surface area contributed by atoms with Gasteiger partial charge < -0.3 is 26.8 Å². The van der Waals surface area contributed by atoms with Gasteiger partial charge in [-0.05, 0) is 56.6 Å². The maximum atomic E-state index is 13.3. The van der Waals surface area contributed by atoms with E-state index < -0.39 is 24.1 Å². The van der Waals surface area contributed by atoms with Crippen molar-refractivity contribution in [1.29, 1.82) is 0 Å². The van der Waals surface area contributed by atoms with E-state index in [1.54, 1.807) is 0 Å². The maximum absolute atomic E-state index is 13.3. The minimum Gasteiger partial charge on any atom is -0.480 e. The Kier molecular flexibility index (Phi) is 9.94. The van der Waals surface area contributed by atoms with E-state index in [0.29, 0.717) is 38.1 Å². The van der Waals surface area contributed by atoms with Crippen molar-refractivity contribution in [3.8, 4) is 0 Å². The lowest BCUT2D eigenvalue weighted by Gasteiger charge is -2.28. The molecule has 0 radical (unpaired) electrons. The Balaban J connectivity index is 1.67. The number of carbonyl (C=O) groups is 3. The zero-order valence-corrected chi connectivity index (χ0v) is 19.9. The number of benzene rings is 1. The molecule has 0 saturated heterocycles. The van der Waals surface area contributed by atoms with Crippen molar-refractivity contribution in [3.63, 3.8) is 0 Å². The predicted octanol–water partition coefficient (Wildman–Crippen LogP) is 3.31. The largest absolute Gasteiger partial charge is 0.480 e. The molecule has 8 heteroatoms. The van der Waals surface area contributed by atoms with Crippen LogP contribution < -0.4 is 21.7 Å². The highest BCUT2D eigenvalue weighted by Gasteiger charge is 2.29. The molecule has 2 aliphatic carbocycles. The first kappa shape index (κ1) is 25.7. The molecule has 3 rings (SSSR count). The summed E-state index contributed by atoms with van der Waals surface area (Å²) >= 11 is 0. The van der Waals surface area contributed by atoms with Gasteiger partial charge in [0.05, 0.1) is 0 Å². The molecule has 8 nitrogen and oxygen atoms in total. The number of fused-ring (bicyclic) bond motifs is 1. The first-order valence-electron chi connectivity index (χ1n) is 12.6. The minimum absolute atomic E-state index is 0.265. The van der Waals surface area contributed by atoms with E-state index in [4.69, 9.17) is 5.73 Å². The second kappa shape index (κ2) is 13.1. The van der Waals surface area contributed by atoms with Crippen LogP contribution in [0.15, 0.2) is 30.3 Å². The molecule has 0 aliphatic heterocycles. The fourth-order valence-electron chi connectivity index (χ4n) is 4.92. The van der Waals surface area contributed by atoms with E-state index in [-0.39, 0.29) is 5.91 Å². The number of nitrogens with one attached hydrogen (secondary N) is 3. The van der Waals surface area contributed by atoms with Crippen LogP contribution in [0.1, 0.15) is 75.3 Å². The van der Waals surface area contributed by atoms with E-state index in [2.05, 4.69) is 22.0 Å². The zero-order valence-electron chi connectivity index (χ0n) is 19.9. The Morgan fingerprint density at radius 3 is 2.50 bits per heavy atom. The first-order valence-corrected chi connectivity index (χ1v) is 12.6. The molecule has 0 aromatic heterocycles. The molecule has 1 fully saturated rings. The summed E-state index contributed by atoms with van der Waals surface area (Å²) in [6.45, 7) is 0.473. The molecule has 1 aromatic carbocycles. The average molecular weight is 471 g/mol. The van der Waals surface area contributed by atoms with Gasteiger partial charge in [0.2, 0.25) is 5.91 Å². The predicted molar refractivity (Wildman–Crippen MR) is 132 cm³/mol. The normalized spacial score (nSPS) is 17.6. The van der Waals surface area contributed by atoms with Crippen LogP contribution in [0, 0.1) is 5.92 Å². The molecule has 0 spiro atoms. The summed E-state index contributed by atoms with van der Waals surface area (Å²) in [6, 6.07) is 5.62. The summed E-state index contributed by atoms with van der Waals surface area (Å²) in [5, 5.41) is 17.8. The minimum atomic E-state index is -1.09. The van der Waals surface area contributed by atoms with Crippen molar-refractivity contribution in [1.82, 2.24) is 16.0 Å². The summed E-state index contributed by atoms with van der Waals surface area (Å²) in [7, 11) is 0. The lowest BCUT2D eigenvalue weighted by molar-refractivity contribution is -0.139. The van der Waals surface area contributed by atoms with Gasteiger partial charge in [0.1, 0.15) is 12.1 Å². The van der Waals surface area contributed by atoms with Crippen molar-refractivity contribution >= 4 is 23.6 Å². The third kappa shape index (κ3) is 7.58. The molecule has 1 saturated carbocycles. The third-order valence-electron chi connectivity index (χ3n) is 6.79. The first-order chi connectivity index (χ1) is 16.5. The fourth-order valence-corrected chi connectivity index (χ4v) is 4.92. The number of rotatable bonds is 11. The SMILES string of the molecule is NCCCCC(NC(=O)N[C@H](CC1CCCCC1)C(=O)NC1=CCCc2ccccc21)C(=O)O. The smallest absolute Gasteiger partial charge is 0.326 e. The lowest BCUT2D eigenvalue weighted by Crippen LogP contribution is -2.53. The van der Waals surface area contributed by atoms with Gasteiger partial charge in [-0.25, -0.2) is 9.59 Å². The van der Waals surface area contributed by atoms with Crippen LogP contribution in [0.2, 0.25) is 0 Å². The van der Waals surface area contributed by atoms with Gasteiger partial charge in [-0.2, -0.15) is 0 Å². The summed E-state index contributed by atoms with van der Waals surface area (Å²) in [4.78, 5) is 37.7. The van der Waals surface area contributed by atoms with Crippen molar-refractivity contribution in [2.45, 2.75) is 82.7 Å². The number of amides is 3. The Morgan fingerprint density at radius 1 is 1.03 bits per heavy atom. The van der Waals surface area contributed by atoms with Crippen LogP contribution >= 0.6 is 0 Å². The number of aliphatic carboxylic acids is 1. The second-order valence-electron chi connectivity index (χ2n) is 9.39. The number of unbranched alkanes of at least 4 members (excludes halogenated alkanes) is 1. The molecule has 186 valence electrons. The molecule has 2 aliphatic rings. The molecule has 6 N–H and O–H groups in total. The van der Waals surface area contributed by atoms with Crippen molar-refractivity contribution in [3.05, 3.63) is 41.5 Å². The van der Waals surface area contributed by atoms with Gasteiger partial charge in [0, 0.05) is 11.3 Å². The van der Waals surface area contributed by atoms with Crippen LogP contribution in [-0.2, 0) is 16.0 Å². The molecular weight excluding hydrogens is 432 g/mol. The number of hydrogen-bond donors (Lipinski definition) is 5. The highest BCUT2D eigenvalue weighted by molar-refractivity contribution is 5.94. The van der Waals surface area contributed by atoms with E-state index in [1.807, 2.05) is 24.3 Å². The molecule has 1 aromatic rings. The maximum Gasteiger partial charge on any atom is 0.326 e. The molecule has 0 bridgehead atoms. The standard InChI is InChI=1S/C26H38N4O4/c27-16-7-6-14-22(25(32)33)29-26(34)30-23(17-18-9-2-1-3-10-18)24(31)28-21-15-8-12-19-11-4-5-13-20(19)21/h4-5,11,13,15,18,22-23H,1-3,6-10,12,14,16-17,27H2,(H,28,31)(H,32,33)(H2,29,30,34)/t22?,23-/m1/s1. The van der Waals surface area contributed by atoms with E-state index in [1.165, 1.54) is 12.0 Å². The van der Waals surface area contributed by atoms with Gasteiger partial charge in [-0.3, -0.25) is 4.79 Å². The van der Waals surface area contributed by atoms with Crippen LogP contribution in [0.25, 0.3) is 5.70 Å².